The maximum Gasteiger partial charge on any atom is 0.256 e. The molecule has 2 N–H and O–H groups in total. The van der Waals surface area contributed by atoms with Crippen LogP contribution in [0.25, 0.3) is 0 Å². The number of likely N-dealkylation sites (N-methyl/N-ethyl adjacent to an activating group) is 1. The summed E-state index contributed by atoms with van der Waals surface area (Å²) >= 11 is 0. The van der Waals surface area contributed by atoms with Gasteiger partial charge >= 0.3 is 0 Å². The van der Waals surface area contributed by atoms with Crippen LogP contribution in [0.3, 0.4) is 0 Å². The fourth-order valence-electron chi connectivity index (χ4n) is 2.62. The van der Waals surface area contributed by atoms with E-state index in [1.807, 2.05) is 0 Å². The van der Waals surface area contributed by atoms with Gasteiger partial charge in [0.25, 0.3) is 5.91 Å². The summed E-state index contributed by atoms with van der Waals surface area (Å²) in [6.45, 7) is 0. The van der Waals surface area contributed by atoms with Crippen molar-refractivity contribution < 1.29 is 13.6 Å². The molecule has 0 saturated heterocycles. The lowest BCUT2D eigenvalue weighted by Gasteiger charge is -2.36. The Morgan fingerprint density at radius 1 is 1.32 bits per heavy atom. The Balaban J connectivity index is 2.18. The molecule has 0 aromatic heterocycles. The van der Waals surface area contributed by atoms with Gasteiger partial charge < -0.3 is 10.6 Å². The third-order valence-corrected chi connectivity index (χ3v) is 3.76. The van der Waals surface area contributed by atoms with Gasteiger partial charge in [-0.2, -0.15) is 0 Å². The molecule has 1 amide bonds. The quantitative estimate of drug-likeness (QED) is 0.894. The predicted octanol–water partition coefficient (Wildman–Crippen LogP) is 2.31. The molecule has 1 aliphatic rings. The van der Waals surface area contributed by atoms with Gasteiger partial charge in [0.1, 0.15) is 11.6 Å². The SMILES string of the molecule is CN(C(=O)c1ccc(F)cc1F)C1CCCCC1N. The van der Waals surface area contributed by atoms with Crippen LogP contribution in [0.1, 0.15) is 36.0 Å². The van der Waals surface area contributed by atoms with Crippen LogP contribution in [0.4, 0.5) is 8.78 Å². The van der Waals surface area contributed by atoms with E-state index in [0.717, 1.165) is 37.8 Å². The van der Waals surface area contributed by atoms with Crippen LogP contribution in [0.5, 0.6) is 0 Å². The molecule has 1 fully saturated rings. The second-order valence-corrected chi connectivity index (χ2v) is 5.06. The molecule has 0 bridgehead atoms. The Bertz CT molecular complexity index is 479. The van der Waals surface area contributed by atoms with Crippen LogP contribution in [0, 0.1) is 11.6 Å². The van der Waals surface area contributed by atoms with E-state index in [1.165, 1.54) is 11.0 Å². The number of halogens is 2. The van der Waals surface area contributed by atoms with E-state index in [2.05, 4.69) is 0 Å². The van der Waals surface area contributed by atoms with E-state index in [4.69, 9.17) is 5.73 Å². The first-order valence-electron chi connectivity index (χ1n) is 6.48. The summed E-state index contributed by atoms with van der Waals surface area (Å²) in [6, 6.07) is 2.84. The predicted molar refractivity (Wildman–Crippen MR) is 68.7 cm³/mol. The molecule has 3 nitrogen and oxygen atoms in total. The largest absolute Gasteiger partial charge is 0.337 e. The Morgan fingerprint density at radius 3 is 2.63 bits per heavy atom. The maximum atomic E-state index is 13.6. The summed E-state index contributed by atoms with van der Waals surface area (Å²) in [4.78, 5) is 13.7. The van der Waals surface area contributed by atoms with Gasteiger partial charge in [0, 0.05) is 25.2 Å². The molecule has 0 spiro atoms. The standard InChI is InChI=1S/C14H18F2N2O/c1-18(13-5-3-2-4-12(13)17)14(19)10-7-6-9(15)8-11(10)16/h6-8,12-13H,2-5,17H2,1H3. The molecule has 1 saturated carbocycles. The molecule has 1 aromatic carbocycles. The highest BCUT2D eigenvalue weighted by atomic mass is 19.1. The topological polar surface area (TPSA) is 46.3 Å². The van der Waals surface area contributed by atoms with E-state index < -0.39 is 17.5 Å². The number of nitrogens with zero attached hydrogens (tertiary/aromatic N) is 1. The molecule has 2 rings (SSSR count). The Hall–Kier alpha value is -1.49. The number of amides is 1. The number of carbonyl (C=O) groups excluding carboxylic acids is 1. The van der Waals surface area contributed by atoms with E-state index in [9.17, 15) is 13.6 Å². The van der Waals surface area contributed by atoms with Gasteiger partial charge in [-0.15, -0.1) is 0 Å². The lowest BCUT2D eigenvalue weighted by molar-refractivity contribution is 0.0667. The summed E-state index contributed by atoms with van der Waals surface area (Å²) in [5.74, 6) is -1.97. The highest BCUT2D eigenvalue weighted by Crippen LogP contribution is 2.23. The molecule has 2 atom stereocenters. The number of carbonyl (C=O) groups is 1. The monoisotopic (exact) mass is 268 g/mol. The first-order valence-corrected chi connectivity index (χ1v) is 6.48. The molecule has 1 aromatic rings. The van der Waals surface area contributed by atoms with Crippen molar-refractivity contribution in [2.45, 2.75) is 37.8 Å². The van der Waals surface area contributed by atoms with Gasteiger partial charge in [-0.25, -0.2) is 8.78 Å². The zero-order chi connectivity index (χ0) is 14.0. The van der Waals surface area contributed by atoms with Crippen molar-refractivity contribution in [2.75, 3.05) is 7.05 Å². The first-order chi connectivity index (χ1) is 9.00. The van der Waals surface area contributed by atoms with E-state index in [0.29, 0.717) is 0 Å². The lowest BCUT2D eigenvalue weighted by Crippen LogP contribution is -2.50. The van der Waals surface area contributed by atoms with Gasteiger partial charge in [-0.3, -0.25) is 4.79 Å². The molecule has 104 valence electrons. The van der Waals surface area contributed by atoms with Gasteiger partial charge in [0.05, 0.1) is 5.56 Å². The average molecular weight is 268 g/mol. The average Bonchev–Trinajstić information content (AvgIpc) is 2.38. The van der Waals surface area contributed by atoms with E-state index in [1.54, 1.807) is 7.05 Å². The summed E-state index contributed by atoms with van der Waals surface area (Å²) < 4.78 is 26.5. The van der Waals surface area contributed by atoms with Gasteiger partial charge in [-0.05, 0) is 25.0 Å². The normalized spacial score (nSPS) is 23.2. The highest BCUT2D eigenvalue weighted by Gasteiger charge is 2.29. The summed E-state index contributed by atoms with van der Waals surface area (Å²) in [5.41, 5.74) is 5.90. The third kappa shape index (κ3) is 2.92. The van der Waals surface area contributed by atoms with Crippen LogP contribution >= 0.6 is 0 Å². The zero-order valence-electron chi connectivity index (χ0n) is 10.9. The van der Waals surface area contributed by atoms with Crippen LogP contribution in [0.2, 0.25) is 0 Å². The molecule has 0 heterocycles. The number of rotatable bonds is 2. The second kappa shape index (κ2) is 5.65. The summed E-state index contributed by atoms with van der Waals surface area (Å²) in [5, 5.41) is 0. The third-order valence-electron chi connectivity index (χ3n) is 3.76. The van der Waals surface area contributed by atoms with E-state index >= 15 is 0 Å². The van der Waals surface area contributed by atoms with Crippen molar-refractivity contribution in [3.8, 4) is 0 Å². The van der Waals surface area contributed by atoms with Crippen LogP contribution in [0.15, 0.2) is 18.2 Å². The highest BCUT2D eigenvalue weighted by molar-refractivity contribution is 5.94. The number of nitrogens with two attached hydrogens (primary N) is 1. The molecule has 5 heteroatoms. The minimum atomic E-state index is -0.832. The molecular formula is C14H18F2N2O. The molecule has 0 radical (unpaired) electrons. The first kappa shape index (κ1) is 13.9. The lowest BCUT2D eigenvalue weighted by atomic mass is 9.90. The molecule has 19 heavy (non-hydrogen) atoms. The maximum absolute atomic E-state index is 13.6. The fraction of sp³-hybridized carbons (Fsp3) is 0.500. The Labute approximate surface area is 111 Å². The van der Waals surface area contributed by atoms with Crippen molar-refractivity contribution in [1.29, 1.82) is 0 Å². The van der Waals surface area contributed by atoms with Gasteiger partial charge in [0.15, 0.2) is 0 Å². The molecule has 0 aliphatic heterocycles. The minimum Gasteiger partial charge on any atom is -0.337 e. The van der Waals surface area contributed by atoms with Crippen molar-refractivity contribution in [3.63, 3.8) is 0 Å². The number of benzene rings is 1. The summed E-state index contributed by atoms with van der Waals surface area (Å²) in [7, 11) is 1.63. The van der Waals surface area contributed by atoms with Crippen molar-refractivity contribution in [1.82, 2.24) is 4.90 Å². The van der Waals surface area contributed by atoms with Crippen molar-refractivity contribution in [3.05, 3.63) is 35.4 Å². The number of hydrogen-bond acceptors (Lipinski definition) is 2. The summed E-state index contributed by atoms with van der Waals surface area (Å²) in [6.07, 6.45) is 3.77. The van der Waals surface area contributed by atoms with Crippen LogP contribution < -0.4 is 5.73 Å². The number of hydrogen-bond donors (Lipinski definition) is 1. The van der Waals surface area contributed by atoms with Crippen molar-refractivity contribution >= 4 is 5.91 Å². The zero-order valence-corrected chi connectivity index (χ0v) is 10.9. The van der Waals surface area contributed by atoms with E-state index in [-0.39, 0.29) is 17.6 Å². The molecule has 2 unspecified atom stereocenters. The molecular weight excluding hydrogens is 250 g/mol. The van der Waals surface area contributed by atoms with Crippen LogP contribution in [-0.2, 0) is 0 Å². The van der Waals surface area contributed by atoms with Crippen molar-refractivity contribution in [2.24, 2.45) is 5.73 Å². The Kier molecular flexibility index (Phi) is 4.14. The fourth-order valence-corrected chi connectivity index (χ4v) is 2.62. The van der Waals surface area contributed by atoms with Crippen LogP contribution in [-0.4, -0.2) is 29.9 Å². The Morgan fingerprint density at radius 2 is 2.00 bits per heavy atom. The molecule has 1 aliphatic carbocycles. The second-order valence-electron chi connectivity index (χ2n) is 5.06. The minimum absolute atomic E-state index is 0.0776. The van der Waals surface area contributed by atoms with Gasteiger partial charge in [0.2, 0.25) is 0 Å². The van der Waals surface area contributed by atoms with Gasteiger partial charge in [-0.1, -0.05) is 12.8 Å². The smallest absolute Gasteiger partial charge is 0.256 e.